The summed E-state index contributed by atoms with van der Waals surface area (Å²) in [6.45, 7) is 0.556. The van der Waals surface area contributed by atoms with E-state index in [9.17, 15) is 13.2 Å². The molecule has 4 rings (SSSR count). The Labute approximate surface area is 135 Å². The van der Waals surface area contributed by atoms with Gasteiger partial charge < -0.3 is 14.5 Å². The van der Waals surface area contributed by atoms with Gasteiger partial charge in [0.05, 0.1) is 18.3 Å². The molecule has 0 saturated heterocycles. The van der Waals surface area contributed by atoms with Crippen molar-refractivity contribution in [1.82, 2.24) is 9.38 Å². The molecule has 1 aliphatic rings. The van der Waals surface area contributed by atoms with E-state index < -0.39 is 11.9 Å². The summed E-state index contributed by atoms with van der Waals surface area (Å²) in [7, 11) is 0. The molecule has 1 N–H and O–H groups in total. The first-order valence-electron chi connectivity index (χ1n) is 7.55. The third-order valence-electron chi connectivity index (χ3n) is 4.06. The molecule has 4 nitrogen and oxygen atoms in total. The van der Waals surface area contributed by atoms with E-state index in [1.165, 1.54) is 4.40 Å². The molecule has 1 unspecified atom stereocenters. The van der Waals surface area contributed by atoms with Crippen molar-refractivity contribution in [3.63, 3.8) is 0 Å². The fourth-order valence-electron chi connectivity index (χ4n) is 2.94. The Hall–Kier alpha value is -2.70. The Morgan fingerprint density at radius 1 is 1.17 bits per heavy atom. The van der Waals surface area contributed by atoms with E-state index >= 15 is 0 Å². The van der Waals surface area contributed by atoms with Crippen molar-refractivity contribution in [3.05, 3.63) is 60.0 Å². The topological polar surface area (TPSA) is 38.6 Å². The molecule has 0 aliphatic carbocycles. The highest BCUT2D eigenvalue weighted by atomic mass is 19.4. The number of nitrogens with one attached hydrogen (secondary N) is 1. The molecule has 1 atom stereocenters. The maximum Gasteiger partial charge on any atom is 0.434 e. The summed E-state index contributed by atoms with van der Waals surface area (Å²) >= 11 is 0. The zero-order chi connectivity index (χ0) is 16.7. The molecular weight excluding hydrogens is 319 g/mol. The van der Waals surface area contributed by atoms with E-state index in [1.807, 2.05) is 24.3 Å². The largest absolute Gasteiger partial charge is 0.493 e. The number of nitrogens with zero attached hydrogens (tertiary/aromatic N) is 2. The van der Waals surface area contributed by atoms with Crippen molar-refractivity contribution in [2.75, 3.05) is 11.9 Å². The maximum atomic E-state index is 12.9. The Kier molecular flexibility index (Phi) is 3.37. The molecule has 0 radical (unpaired) electrons. The number of anilines is 1. The SMILES string of the molecule is FC(F)(F)c1cn2cccc(NC3CCOc4ccccc43)c2n1. The molecular formula is C17H14F3N3O. The summed E-state index contributed by atoms with van der Waals surface area (Å²) in [5.41, 5.74) is 0.918. The first-order chi connectivity index (χ1) is 11.5. The van der Waals surface area contributed by atoms with Crippen molar-refractivity contribution < 1.29 is 17.9 Å². The normalized spacial score (nSPS) is 17.4. The predicted molar refractivity (Wildman–Crippen MR) is 83.1 cm³/mol. The second-order valence-corrected chi connectivity index (χ2v) is 5.65. The van der Waals surface area contributed by atoms with Gasteiger partial charge in [0.25, 0.3) is 0 Å². The summed E-state index contributed by atoms with van der Waals surface area (Å²) in [6, 6.07) is 11.1. The number of imidazole rings is 1. The van der Waals surface area contributed by atoms with Crippen molar-refractivity contribution in [1.29, 1.82) is 0 Å². The van der Waals surface area contributed by atoms with Gasteiger partial charge in [-0.05, 0) is 18.2 Å². The molecule has 2 aromatic heterocycles. The highest BCUT2D eigenvalue weighted by Gasteiger charge is 2.34. The Morgan fingerprint density at radius 3 is 2.83 bits per heavy atom. The van der Waals surface area contributed by atoms with Crippen LogP contribution in [0.15, 0.2) is 48.8 Å². The van der Waals surface area contributed by atoms with Crippen molar-refractivity contribution in [2.45, 2.75) is 18.6 Å². The van der Waals surface area contributed by atoms with Crippen molar-refractivity contribution in [2.24, 2.45) is 0 Å². The summed E-state index contributed by atoms with van der Waals surface area (Å²) in [6.07, 6.45) is -1.18. The summed E-state index contributed by atoms with van der Waals surface area (Å²) in [4.78, 5) is 3.75. The average molecular weight is 333 g/mol. The number of fused-ring (bicyclic) bond motifs is 2. The molecule has 1 aliphatic heterocycles. The fourth-order valence-corrected chi connectivity index (χ4v) is 2.94. The van der Waals surface area contributed by atoms with Gasteiger partial charge in [-0.3, -0.25) is 0 Å². The average Bonchev–Trinajstić information content (AvgIpc) is 3.01. The van der Waals surface area contributed by atoms with Crippen LogP contribution >= 0.6 is 0 Å². The lowest BCUT2D eigenvalue weighted by atomic mass is 10.0. The number of rotatable bonds is 2. The van der Waals surface area contributed by atoms with Gasteiger partial charge in [-0.2, -0.15) is 13.2 Å². The van der Waals surface area contributed by atoms with Crippen molar-refractivity contribution >= 4 is 11.3 Å². The van der Waals surface area contributed by atoms with Crippen LogP contribution in [0.1, 0.15) is 23.7 Å². The smallest absolute Gasteiger partial charge is 0.434 e. The van der Waals surface area contributed by atoms with E-state index in [1.54, 1.807) is 18.3 Å². The van der Waals surface area contributed by atoms with Crippen LogP contribution in [0.4, 0.5) is 18.9 Å². The number of benzene rings is 1. The lowest BCUT2D eigenvalue weighted by Crippen LogP contribution is -2.20. The van der Waals surface area contributed by atoms with Gasteiger partial charge in [-0.15, -0.1) is 0 Å². The van der Waals surface area contributed by atoms with Gasteiger partial charge in [-0.25, -0.2) is 4.98 Å². The van der Waals surface area contributed by atoms with Crippen LogP contribution in [0.25, 0.3) is 5.65 Å². The fraction of sp³-hybridized carbons (Fsp3) is 0.235. The quantitative estimate of drug-likeness (QED) is 0.760. The van der Waals surface area contributed by atoms with Crippen LogP contribution in [-0.4, -0.2) is 16.0 Å². The van der Waals surface area contributed by atoms with Crippen LogP contribution < -0.4 is 10.1 Å². The Balaban J connectivity index is 1.72. The van der Waals surface area contributed by atoms with Crippen LogP contribution in [-0.2, 0) is 6.18 Å². The lowest BCUT2D eigenvalue weighted by molar-refractivity contribution is -0.140. The molecule has 0 fully saturated rings. The minimum Gasteiger partial charge on any atom is -0.493 e. The van der Waals surface area contributed by atoms with Crippen LogP contribution in [0.3, 0.4) is 0 Å². The van der Waals surface area contributed by atoms with Gasteiger partial charge in [0.15, 0.2) is 11.3 Å². The highest BCUT2D eigenvalue weighted by molar-refractivity contribution is 5.69. The second kappa shape index (κ2) is 5.43. The number of pyridine rings is 1. The Bertz CT molecular complexity index is 888. The molecule has 0 saturated carbocycles. The summed E-state index contributed by atoms with van der Waals surface area (Å²) in [5.74, 6) is 0.799. The zero-order valence-electron chi connectivity index (χ0n) is 12.5. The number of halogens is 3. The molecule has 7 heteroatoms. The number of ether oxygens (including phenoxy) is 1. The van der Waals surface area contributed by atoms with Gasteiger partial charge in [0.1, 0.15) is 5.75 Å². The third-order valence-corrected chi connectivity index (χ3v) is 4.06. The summed E-state index contributed by atoms with van der Waals surface area (Å²) in [5, 5.41) is 3.31. The molecule has 24 heavy (non-hydrogen) atoms. The van der Waals surface area contributed by atoms with Gasteiger partial charge >= 0.3 is 6.18 Å². The molecule has 124 valence electrons. The van der Waals surface area contributed by atoms with E-state index in [0.717, 1.165) is 23.9 Å². The van der Waals surface area contributed by atoms with Gasteiger partial charge in [0.2, 0.25) is 0 Å². The number of hydrogen-bond acceptors (Lipinski definition) is 3. The molecule has 0 spiro atoms. The molecule has 0 amide bonds. The Morgan fingerprint density at radius 2 is 2.00 bits per heavy atom. The molecule has 1 aromatic carbocycles. The highest BCUT2D eigenvalue weighted by Crippen LogP contribution is 2.35. The predicted octanol–water partition coefficient (Wildman–Crippen LogP) is 4.29. The first kappa shape index (κ1) is 14.9. The summed E-state index contributed by atoms with van der Waals surface area (Å²) < 4.78 is 45.7. The monoisotopic (exact) mass is 333 g/mol. The third kappa shape index (κ3) is 2.55. The molecule has 3 aromatic rings. The van der Waals surface area contributed by atoms with E-state index in [0.29, 0.717) is 12.3 Å². The van der Waals surface area contributed by atoms with Crippen LogP contribution in [0.5, 0.6) is 5.75 Å². The van der Waals surface area contributed by atoms with Gasteiger partial charge in [-0.1, -0.05) is 18.2 Å². The van der Waals surface area contributed by atoms with Crippen molar-refractivity contribution in [3.8, 4) is 5.75 Å². The standard InChI is InChI=1S/C17H14F3N3O/c18-17(19,20)15-10-23-8-3-5-13(16(23)22-15)21-12-7-9-24-14-6-2-1-4-11(12)14/h1-6,8,10,12,21H,7,9H2. The molecule has 3 heterocycles. The maximum absolute atomic E-state index is 12.9. The minimum absolute atomic E-state index is 0.0350. The van der Waals surface area contributed by atoms with Gasteiger partial charge in [0, 0.05) is 24.4 Å². The van der Waals surface area contributed by atoms with Crippen LogP contribution in [0, 0.1) is 0 Å². The molecule has 0 bridgehead atoms. The number of hydrogen-bond donors (Lipinski definition) is 1. The van der Waals surface area contributed by atoms with Crippen LogP contribution in [0.2, 0.25) is 0 Å². The van der Waals surface area contributed by atoms with E-state index in [2.05, 4.69) is 10.3 Å². The second-order valence-electron chi connectivity index (χ2n) is 5.65. The zero-order valence-corrected chi connectivity index (χ0v) is 12.5. The van der Waals surface area contributed by atoms with E-state index in [4.69, 9.17) is 4.74 Å². The van der Waals surface area contributed by atoms with E-state index in [-0.39, 0.29) is 11.7 Å². The lowest BCUT2D eigenvalue weighted by Gasteiger charge is -2.27. The number of aromatic nitrogens is 2. The number of alkyl halides is 3. The minimum atomic E-state index is -4.46. The number of para-hydroxylation sites is 1. The first-order valence-corrected chi connectivity index (χ1v) is 7.55.